The quantitative estimate of drug-likeness (QED) is 0.761. The van der Waals surface area contributed by atoms with Gasteiger partial charge in [0, 0.05) is 33.8 Å². The van der Waals surface area contributed by atoms with Crippen LogP contribution in [0.2, 0.25) is 0 Å². The summed E-state index contributed by atoms with van der Waals surface area (Å²) >= 11 is 6.64. The van der Waals surface area contributed by atoms with Crippen LogP contribution in [0.4, 0.5) is 11.4 Å². The number of hydrogen-bond acceptors (Lipinski definition) is 3. The fraction of sp³-hybridized carbons (Fsp3) is 0.0769. The summed E-state index contributed by atoms with van der Waals surface area (Å²) < 4.78 is 2.84. The van der Waals surface area contributed by atoms with E-state index in [1.165, 1.54) is 16.8 Å². The smallest absolute Gasteiger partial charge is 0.256 e. The minimum atomic E-state index is -0.391. The monoisotopic (exact) mass is 399 g/mol. The maximum Gasteiger partial charge on any atom is 0.256 e. The summed E-state index contributed by atoms with van der Waals surface area (Å²) in [6.07, 6.45) is 1.54. The molecule has 0 bridgehead atoms. The highest BCUT2D eigenvalue weighted by atomic mass is 79.9. The molecule has 2 aromatic rings. The predicted molar refractivity (Wildman–Crippen MR) is 85.9 cm³/mol. The van der Waals surface area contributed by atoms with E-state index in [-0.39, 0.29) is 11.1 Å². The molecule has 0 saturated heterocycles. The first-order chi connectivity index (χ1) is 9.38. The fourth-order valence-corrected chi connectivity index (χ4v) is 2.96. The van der Waals surface area contributed by atoms with Crippen molar-refractivity contribution in [1.29, 1.82) is 0 Å². The number of nitrogens with two attached hydrogens (primary N) is 1. The van der Waals surface area contributed by atoms with Gasteiger partial charge in [-0.25, -0.2) is 0 Å². The summed E-state index contributed by atoms with van der Waals surface area (Å²) in [6.45, 7) is 0. The lowest BCUT2D eigenvalue weighted by Gasteiger charge is -2.11. The van der Waals surface area contributed by atoms with Crippen molar-refractivity contribution >= 4 is 49.1 Å². The van der Waals surface area contributed by atoms with Crippen LogP contribution in [0.15, 0.2) is 44.2 Å². The molecule has 0 aliphatic rings. The molecule has 0 atom stereocenters. The Hall–Kier alpha value is -1.60. The van der Waals surface area contributed by atoms with E-state index < -0.39 is 5.91 Å². The lowest BCUT2D eigenvalue weighted by Crippen LogP contribution is -2.20. The zero-order chi connectivity index (χ0) is 14.9. The SMILES string of the molecule is Cn1ccc(C(=O)Nc2c(N)cc(Br)cc2Br)cc1=O. The highest BCUT2D eigenvalue weighted by Crippen LogP contribution is 2.32. The Bertz CT molecular complexity index is 718. The largest absolute Gasteiger partial charge is 0.397 e. The second-order valence-corrected chi connectivity index (χ2v) is 5.94. The van der Waals surface area contributed by atoms with Gasteiger partial charge in [0.05, 0.1) is 11.4 Å². The van der Waals surface area contributed by atoms with Gasteiger partial charge in [0.25, 0.3) is 11.5 Å². The molecule has 0 radical (unpaired) electrons. The molecule has 2 rings (SSSR count). The summed E-state index contributed by atoms with van der Waals surface area (Å²) in [5.74, 6) is -0.391. The van der Waals surface area contributed by atoms with Gasteiger partial charge in [-0.2, -0.15) is 0 Å². The van der Waals surface area contributed by atoms with Crippen LogP contribution in [0.3, 0.4) is 0 Å². The second kappa shape index (κ2) is 5.80. The molecule has 0 fully saturated rings. The van der Waals surface area contributed by atoms with Gasteiger partial charge in [0.15, 0.2) is 0 Å². The van der Waals surface area contributed by atoms with Gasteiger partial charge in [-0.15, -0.1) is 0 Å². The lowest BCUT2D eigenvalue weighted by molar-refractivity contribution is 0.102. The van der Waals surface area contributed by atoms with Crippen LogP contribution in [-0.2, 0) is 7.05 Å². The molecule has 0 aliphatic heterocycles. The topological polar surface area (TPSA) is 77.1 Å². The van der Waals surface area contributed by atoms with Gasteiger partial charge in [0.1, 0.15) is 0 Å². The van der Waals surface area contributed by atoms with E-state index in [1.807, 2.05) is 0 Å². The third kappa shape index (κ3) is 3.10. The summed E-state index contributed by atoms with van der Waals surface area (Å²) in [5.41, 5.74) is 6.78. The Morgan fingerprint density at radius 1 is 1.30 bits per heavy atom. The lowest BCUT2D eigenvalue weighted by atomic mass is 10.2. The first-order valence-electron chi connectivity index (χ1n) is 5.61. The van der Waals surface area contributed by atoms with Gasteiger partial charge in [-0.1, -0.05) is 15.9 Å². The summed E-state index contributed by atoms with van der Waals surface area (Å²) in [5, 5.41) is 2.69. The number of hydrogen-bond donors (Lipinski definition) is 2. The Kier molecular flexibility index (Phi) is 4.29. The fourth-order valence-electron chi connectivity index (χ4n) is 1.60. The molecule has 0 aliphatic carbocycles. The molecule has 0 saturated carbocycles. The van der Waals surface area contributed by atoms with Crippen LogP contribution >= 0.6 is 31.9 Å². The van der Waals surface area contributed by atoms with Crippen molar-refractivity contribution < 1.29 is 4.79 Å². The van der Waals surface area contributed by atoms with Crippen molar-refractivity contribution in [3.8, 4) is 0 Å². The van der Waals surface area contributed by atoms with Crippen molar-refractivity contribution in [2.75, 3.05) is 11.1 Å². The molecule has 1 aromatic carbocycles. The van der Waals surface area contributed by atoms with Gasteiger partial charge in [-0.3, -0.25) is 9.59 Å². The van der Waals surface area contributed by atoms with Gasteiger partial charge >= 0.3 is 0 Å². The summed E-state index contributed by atoms with van der Waals surface area (Å²) in [4.78, 5) is 23.6. The van der Waals surface area contributed by atoms with E-state index >= 15 is 0 Å². The number of nitrogen functional groups attached to an aromatic ring is 1. The van der Waals surface area contributed by atoms with Crippen molar-refractivity contribution in [1.82, 2.24) is 4.57 Å². The summed E-state index contributed by atoms with van der Waals surface area (Å²) in [6, 6.07) is 6.30. The predicted octanol–water partition coefficient (Wildman–Crippen LogP) is 2.74. The number of anilines is 2. The zero-order valence-corrected chi connectivity index (χ0v) is 13.7. The van der Waals surface area contributed by atoms with Gasteiger partial charge < -0.3 is 15.6 Å². The van der Waals surface area contributed by atoms with Crippen molar-refractivity contribution in [2.24, 2.45) is 7.05 Å². The number of aryl methyl sites for hydroxylation is 1. The molecular formula is C13H11Br2N3O2. The highest BCUT2D eigenvalue weighted by Gasteiger charge is 2.12. The van der Waals surface area contributed by atoms with E-state index in [1.54, 1.807) is 25.2 Å². The normalized spacial score (nSPS) is 10.3. The van der Waals surface area contributed by atoms with E-state index in [2.05, 4.69) is 37.2 Å². The molecule has 0 spiro atoms. The number of pyridine rings is 1. The molecule has 5 nitrogen and oxygen atoms in total. The number of carbonyl (C=O) groups excluding carboxylic acids is 1. The molecule has 20 heavy (non-hydrogen) atoms. The Labute approximate surface area is 132 Å². The van der Waals surface area contributed by atoms with E-state index in [9.17, 15) is 9.59 Å². The second-order valence-electron chi connectivity index (χ2n) is 4.17. The first-order valence-corrected chi connectivity index (χ1v) is 7.19. The number of nitrogens with zero attached hydrogens (tertiary/aromatic N) is 1. The Balaban J connectivity index is 2.32. The first kappa shape index (κ1) is 14.8. The van der Waals surface area contributed by atoms with Gasteiger partial charge in [0.2, 0.25) is 0 Å². The number of nitrogens with one attached hydrogen (secondary N) is 1. The maximum absolute atomic E-state index is 12.1. The van der Waals surface area contributed by atoms with Crippen LogP contribution in [-0.4, -0.2) is 10.5 Å². The molecule has 1 aromatic heterocycles. The Morgan fingerprint density at radius 2 is 2.00 bits per heavy atom. The van der Waals surface area contributed by atoms with Gasteiger partial charge in [-0.05, 0) is 34.1 Å². The molecule has 0 unspecified atom stereocenters. The molecule has 7 heteroatoms. The average molecular weight is 401 g/mol. The van der Waals surface area contributed by atoms with E-state index in [0.29, 0.717) is 15.8 Å². The number of carbonyl (C=O) groups is 1. The summed E-state index contributed by atoms with van der Waals surface area (Å²) in [7, 11) is 1.62. The minimum absolute atomic E-state index is 0.250. The van der Waals surface area contributed by atoms with Crippen LogP contribution in [0.1, 0.15) is 10.4 Å². The number of benzene rings is 1. The van der Waals surface area contributed by atoms with Crippen LogP contribution in [0.25, 0.3) is 0 Å². The number of halogens is 2. The third-order valence-electron chi connectivity index (χ3n) is 2.69. The van der Waals surface area contributed by atoms with Crippen molar-refractivity contribution in [3.05, 3.63) is 55.3 Å². The van der Waals surface area contributed by atoms with Crippen LogP contribution in [0, 0.1) is 0 Å². The van der Waals surface area contributed by atoms with Crippen LogP contribution < -0.4 is 16.6 Å². The highest BCUT2D eigenvalue weighted by molar-refractivity contribution is 9.11. The molecule has 1 amide bonds. The number of rotatable bonds is 2. The number of amides is 1. The van der Waals surface area contributed by atoms with E-state index in [0.717, 1.165) is 4.47 Å². The molecular weight excluding hydrogens is 390 g/mol. The molecule has 104 valence electrons. The minimum Gasteiger partial charge on any atom is -0.397 e. The molecule has 3 N–H and O–H groups in total. The third-order valence-corrected chi connectivity index (χ3v) is 3.77. The van der Waals surface area contributed by atoms with E-state index in [4.69, 9.17) is 5.73 Å². The maximum atomic E-state index is 12.1. The Morgan fingerprint density at radius 3 is 2.60 bits per heavy atom. The number of aromatic nitrogens is 1. The van der Waals surface area contributed by atoms with Crippen molar-refractivity contribution in [3.63, 3.8) is 0 Å². The average Bonchev–Trinajstić information content (AvgIpc) is 2.36. The van der Waals surface area contributed by atoms with Crippen LogP contribution in [0.5, 0.6) is 0 Å². The zero-order valence-electron chi connectivity index (χ0n) is 10.5. The standard InChI is InChI=1S/C13H11Br2N3O2/c1-18-3-2-7(4-11(18)19)13(20)17-12-9(15)5-8(14)6-10(12)16/h2-6H,16H2,1H3,(H,17,20). The molecule has 1 heterocycles. The van der Waals surface area contributed by atoms with Crippen molar-refractivity contribution in [2.45, 2.75) is 0 Å².